The van der Waals surface area contributed by atoms with Crippen molar-refractivity contribution in [3.05, 3.63) is 143 Å². The standard InChI is InChI=1S/C32H29NO3/c34-30(35)29(24-12-4-1-5-13-24)25-18-20-28(21-19-25)32(26-14-6-2-7-15-26,27-16-8-3-9-17-27)31(36)33-22-10-11-23-33/h1-9,12-21,29H,10-11,22-23H2,(H,34,35). The summed E-state index contributed by atoms with van der Waals surface area (Å²) in [5.41, 5.74) is 3.01. The second-order valence-corrected chi connectivity index (χ2v) is 9.29. The normalized spacial score (nSPS) is 14.4. The van der Waals surface area contributed by atoms with Gasteiger partial charge in [-0.2, -0.15) is 0 Å². The number of carbonyl (C=O) groups excluding carboxylic acids is 1. The molecule has 36 heavy (non-hydrogen) atoms. The van der Waals surface area contributed by atoms with Gasteiger partial charge in [0, 0.05) is 13.1 Å². The molecule has 0 radical (unpaired) electrons. The number of rotatable bonds is 7. The van der Waals surface area contributed by atoms with Gasteiger partial charge in [0.15, 0.2) is 0 Å². The Kier molecular flexibility index (Phi) is 6.68. The Morgan fingerprint density at radius 3 is 1.50 bits per heavy atom. The van der Waals surface area contributed by atoms with Crippen LogP contribution in [0.1, 0.15) is 46.6 Å². The fourth-order valence-corrected chi connectivity index (χ4v) is 5.45. The molecule has 1 aliphatic rings. The summed E-state index contributed by atoms with van der Waals surface area (Å²) < 4.78 is 0. The van der Waals surface area contributed by atoms with E-state index in [1.54, 1.807) is 0 Å². The molecule has 1 fully saturated rings. The summed E-state index contributed by atoms with van der Waals surface area (Å²) in [5.74, 6) is -1.63. The molecule has 0 aliphatic carbocycles. The third-order valence-electron chi connectivity index (χ3n) is 7.18. The minimum atomic E-state index is -1.03. The van der Waals surface area contributed by atoms with Crippen molar-refractivity contribution in [2.24, 2.45) is 0 Å². The first-order valence-electron chi connectivity index (χ1n) is 12.4. The number of amides is 1. The Morgan fingerprint density at radius 2 is 1.03 bits per heavy atom. The zero-order valence-corrected chi connectivity index (χ0v) is 20.1. The van der Waals surface area contributed by atoms with Crippen LogP contribution in [-0.2, 0) is 15.0 Å². The monoisotopic (exact) mass is 475 g/mol. The fraction of sp³-hybridized carbons (Fsp3) is 0.188. The van der Waals surface area contributed by atoms with E-state index in [1.807, 2.05) is 120 Å². The van der Waals surface area contributed by atoms with E-state index in [-0.39, 0.29) is 5.91 Å². The maximum Gasteiger partial charge on any atom is 0.315 e. The molecule has 1 amide bonds. The fourth-order valence-electron chi connectivity index (χ4n) is 5.45. The number of hydrogen-bond acceptors (Lipinski definition) is 2. The van der Waals surface area contributed by atoms with Crippen LogP contribution < -0.4 is 0 Å². The average molecular weight is 476 g/mol. The van der Waals surface area contributed by atoms with Crippen LogP contribution in [0.25, 0.3) is 0 Å². The summed E-state index contributed by atoms with van der Waals surface area (Å²) in [4.78, 5) is 28.7. The van der Waals surface area contributed by atoms with Crippen LogP contribution in [0.3, 0.4) is 0 Å². The van der Waals surface area contributed by atoms with Crippen molar-refractivity contribution < 1.29 is 14.7 Å². The van der Waals surface area contributed by atoms with Crippen molar-refractivity contribution in [1.29, 1.82) is 0 Å². The van der Waals surface area contributed by atoms with Crippen LogP contribution in [0.2, 0.25) is 0 Å². The van der Waals surface area contributed by atoms with Gasteiger partial charge in [-0.1, -0.05) is 115 Å². The summed E-state index contributed by atoms with van der Waals surface area (Å²) in [6.45, 7) is 1.49. The first-order valence-corrected chi connectivity index (χ1v) is 12.4. The largest absolute Gasteiger partial charge is 0.481 e. The first-order chi connectivity index (χ1) is 17.6. The van der Waals surface area contributed by atoms with Crippen LogP contribution in [0, 0.1) is 0 Å². The summed E-state index contributed by atoms with van der Waals surface area (Å²) in [6, 6.07) is 36.7. The number of carbonyl (C=O) groups is 2. The van der Waals surface area contributed by atoms with Crippen molar-refractivity contribution in [2.75, 3.05) is 13.1 Å². The minimum Gasteiger partial charge on any atom is -0.481 e. The summed E-state index contributed by atoms with van der Waals surface area (Å²) in [7, 11) is 0. The van der Waals surface area contributed by atoms with E-state index in [9.17, 15) is 14.7 Å². The summed E-state index contributed by atoms with van der Waals surface area (Å²) >= 11 is 0. The van der Waals surface area contributed by atoms with Crippen LogP contribution in [-0.4, -0.2) is 35.0 Å². The second-order valence-electron chi connectivity index (χ2n) is 9.29. The van der Waals surface area contributed by atoms with Gasteiger partial charge in [-0.05, 0) is 40.7 Å². The lowest BCUT2D eigenvalue weighted by Gasteiger charge is -2.37. The number of benzene rings is 4. The van der Waals surface area contributed by atoms with Crippen LogP contribution in [0.4, 0.5) is 0 Å². The molecule has 1 unspecified atom stereocenters. The molecule has 1 atom stereocenters. The van der Waals surface area contributed by atoms with Gasteiger partial charge in [0.2, 0.25) is 5.91 Å². The number of carboxylic acids is 1. The summed E-state index contributed by atoms with van der Waals surface area (Å²) in [6.07, 6.45) is 2.00. The van der Waals surface area contributed by atoms with Gasteiger partial charge >= 0.3 is 5.97 Å². The number of likely N-dealkylation sites (tertiary alicyclic amines) is 1. The SMILES string of the molecule is O=C(O)C(c1ccccc1)c1ccc(C(C(=O)N2CCCC2)(c2ccccc2)c2ccccc2)cc1. The van der Waals surface area contributed by atoms with Crippen LogP contribution in [0.5, 0.6) is 0 Å². The highest BCUT2D eigenvalue weighted by molar-refractivity contribution is 5.96. The number of aliphatic carboxylic acids is 1. The lowest BCUT2D eigenvalue weighted by atomic mass is 9.68. The maximum absolute atomic E-state index is 14.4. The number of hydrogen-bond donors (Lipinski definition) is 1. The zero-order valence-electron chi connectivity index (χ0n) is 20.1. The lowest BCUT2D eigenvalue weighted by molar-refractivity contribution is -0.137. The lowest BCUT2D eigenvalue weighted by Crippen LogP contribution is -2.47. The molecule has 5 rings (SSSR count). The zero-order chi connectivity index (χ0) is 25.0. The Labute approximate surface area is 211 Å². The van der Waals surface area contributed by atoms with Crippen LogP contribution >= 0.6 is 0 Å². The molecule has 0 saturated carbocycles. The quantitative estimate of drug-likeness (QED) is 0.341. The molecule has 1 saturated heterocycles. The van der Waals surface area contributed by atoms with E-state index in [0.29, 0.717) is 5.56 Å². The van der Waals surface area contributed by atoms with E-state index in [0.717, 1.165) is 48.2 Å². The molecular formula is C32H29NO3. The van der Waals surface area contributed by atoms with E-state index >= 15 is 0 Å². The Balaban J connectivity index is 1.69. The van der Waals surface area contributed by atoms with Crippen molar-refractivity contribution in [1.82, 2.24) is 4.90 Å². The van der Waals surface area contributed by atoms with Gasteiger partial charge in [0.25, 0.3) is 0 Å². The maximum atomic E-state index is 14.4. The molecule has 4 heteroatoms. The molecule has 4 aromatic rings. The van der Waals surface area contributed by atoms with Crippen molar-refractivity contribution in [2.45, 2.75) is 24.2 Å². The smallest absolute Gasteiger partial charge is 0.315 e. The van der Waals surface area contributed by atoms with E-state index < -0.39 is 17.3 Å². The Hall–Kier alpha value is -4.18. The Bertz CT molecular complexity index is 1270. The predicted octanol–water partition coefficient (Wildman–Crippen LogP) is 5.86. The van der Waals surface area contributed by atoms with E-state index in [1.165, 1.54) is 0 Å². The average Bonchev–Trinajstić information content (AvgIpc) is 3.47. The van der Waals surface area contributed by atoms with E-state index in [4.69, 9.17) is 0 Å². The van der Waals surface area contributed by atoms with Gasteiger partial charge in [-0.15, -0.1) is 0 Å². The highest BCUT2D eigenvalue weighted by atomic mass is 16.4. The second kappa shape index (κ2) is 10.2. The van der Waals surface area contributed by atoms with Gasteiger partial charge < -0.3 is 10.0 Å². The first kappa shape index (κ1) is 23.6. The molecule has 1 aliphatic heterocycles. The Morgan fingerprint density at radius 1 is 0.611 bits per heavy atom. The van der Waals surface area contributed by atoms with Gasteiger partial charge in [0.05, 0.1) is 0 Å². The van der Waals surface area contributed by atoms with E-state index in [2.05, 4.69) is 0 Å². The topological polar surface area (TPSA) is 57.6 Å². The van der Waals surface area contributed by atoms with Crippen molar-refractivity contribution in [3.63, 3.8) is 0 Å². The predicted molar refractivity (Wildman–Crippen MR) is 141 cm³/mol. The highest BCUT2D eigenvalue weighted by Crippen LogP contribution is 2.42. The van der Waals surface area contributed by atoms with Gasteiger partial charge in [-0.3, -0.25) is 9.59 Å². The summed E-state index contributed by atoms with van der Waals surface area (Å²) in [5, 5.41) is 10.0. The number of carboxylic acid groups (broad SMARTS) is 1. The molecular weight excluding hydrogens is 446 g/mol. The third-order valence-corrected chi connectivity index (χ3v) is 7.18. The molecule has 0 spiro atoms. The molecule has 180 valence electrons. The molecule has 0 aromatic heterocycles. The molecule has 0 bridgehead atoms. The van der Waals surface area contributed by atoms with Crippen molar-refractivity contribution >= 4 is 11.9 Å². The highest BCUT2D eigenvalue weighted by Gasteiger charge is 2.46. The number of nitrogens with zero attached hydrogens (tertiary/aromatic N) is 1. The van der Waals surface area contributed by atoms with Gasteiger partial charge in [0.1, 0.15) is 11.3 Å². The van der Waals surface area contributed by atoms with Crippen molar-refractivity contribution in [3.8, 4) is 0 Å². The third kappa shape index (κ3) is 4.20. The molecule has 4 aromatic carbocycles. The van der Waals surface area contributed by atoms with Crippen LogP contribution in [0.15, 0.2) is 115 Å². The minimum absolute atomic E-state index is 0.0583. The molecule has 1 heterocycles. The molecule has 1 N–H and O–H groups in total. The molecule has 4 nitrogen and oxygen atoms in total. The van der Waals surface area contributed by atoms with Gasteiger partial charge in [-0.25, -0.2) is 0 Å².